The van der Waals surface area contributed by atoms with E-state index in [2.05, 4.69) is 16.4 Å². The molecule has 0 unspecified atom stereocenters. The second-order valence-electron chi connectivity index (χ2n) is 6.95. The normalized spacial score (nSPS) is 16.7. The number of carbonyl (C=O) groups is 1. The second kappa shape index (κ2) is 8.76. The average Bonchev–Trinajstić information content (AvgIpc) is 3.18. The van der Waals surface area contributed by atoms with Crippen LogP contribution in [0.2, 0.25) is 5.02 Å². The minimum absolute atomic E-state index is 0.291. The number of morpholine rings is 1. The van der Waals surface area contributed by atoms with Gasteiger partial charge in [-0.1, -0.05) is 30.3 Å². The Morgan fingerprint density at radius 1 is 1.17 bits per heavy atom. The van der Waals surface area contributed by atoms with Crippen molar-refractivity contribution in [1.29, 1.82) is 0 Å². The lowest BCUT2D eigenvalue weighted by molar-refractivity contribution is -0.107. The van der Waals surface area contributed by atoms with E-state index in [0.29, 0.717) is 30.6 Å². The van der Waals surface area contributed by atoms with Crippen LogP contribution >= 0.6 is 11.6 Å². The van der Waals surface area contributed by atoms with E-state index in [9.17, 15) is 4.79 Å². The summed E-state index contributed by atoms with van der Waals surface area (Å²) in [5, 5.41) is 0.702. The van der Waals surface area contributed by atoms with Crippen LogP contribution in [0.3, 0.4) is 0 Å². The Kier molecular flexibility index (Phi) is 5.92. The van der Waals surface area contributed by atoms with Crippen LogP contribution in [0.4, 0.5) is 17.5 Å². The molecule has 0 N–H and O–H groups in total. The Morgan fingerprint density at radius 2 is 1.93 bits per heavy atom. The first-order chi connectivity index (χ1) is 14.2. The summed E-state index contributed by atoms with van der Waals surface area (Å²) in [5.74, 6) is 1.56. The topological polar surface area (TPSA) is 58.6 Å². The van der Waals surface area contributed by atoms with E-state index in [1.54, 1.807) is 6.08 Å². The Bertz CT molecular complexity index is 937. The first kappa shape index (κ1) is 19.6. The van der Waals surface area contributed by atoms with Crippen LogP contribution in [0.1, 0.15) is 17.7 Å². The standard InChI is InChI=1S/C22H23ClN4O2/c1-2-3-16(9-13-28)20-19-8-10-27(18-6-4-17(23)5-7-18)21(19)25-22(24-20)26-11-14-29-15-12-26/h2-7,13H,1,8-12,14-15H2. The molecule has 0 spiro atoms. The van der Waals surface area contributed by atoms with Gasteiger partial charge in [0.25, 0.3) is 0 Å². The molecule has 0 atom stereocenters. The average molecular weight is 411 g/mol. The maximum atomic E-state index is 11.3. The summed E-state index contributed by atoms with van der Waals surface area (Å²) in [6, 6.07) is 7.77. The summed E-state index contributed by atoms with van der Waals surface area (Å²) < 4.78 is 5.48. The van der Waals surface area contributed by atoms with Crippen molar-refractivity contribution in [3.05, 3.63) is 59.3 Å². The van der Waals surface area contributed by atoms with Gasteiger partial charge in [-0.15, -0.1) is 0 Å². The number of fused-ring (bicyclic) bond motifs is 1. The number of hydrogen-bond acceptors (Lipinski definition) is 6. The molecule has 4 rings (SSSR count). The Balaban J connectivity index is 1.83. The van der Waals surface area contributed by atoms with Crippen LogP contribution in [0.15, 0.2) is 43.0 Å². The number of nitrogens with zero attached hydrogens (tertiary/aromatic N) is 4. The predicted molar refractivity (Wildman–Crippen MR) is 116 cm³/mol. The second-order valence-corrected chi connectivity index (χ2v) is 7.39. The predicted octanol–water partition coefficient (Wildman–Crippen LogP) is 3.82. The van der Waals surface area contributed by atoms with Crippen LogP contribution in [0, 0.1) is 0 Å². The number of aldehydes is 1. The third-order valence-corrected chi connectivity index (χ3v) is 5.43. The fourth-order valence-corrected chi connectivity index (χ4v) is 3.89. The number of rotatable bonds is 6. The minimum atomic E-state index is 0.291. The summed E-state index contributed by atoms with van der Waals surface area (Å²) in [6.07, 6.45) is 5.58. The van der Waals surface area contributed by atoms with Crippen molar-refractivity contribution in [2.45, 2.75) is 12.8 Å². The third-order valence-electron chi connectivity index (χ3n) is 5.17. The highest BCUT2D eigenvalue weighted by Crippen LogP contribution is 2.38. The Morgan fingerprint density at radius 3 is 2.62 bits per heavy atom. The van der Waals surface area contributed by atoms with Gasteiger partial charge in [0, 0.05) is 42.3 Å². The smallest absolute Gasteiger partial charge is 0.228 e. The van der Waals surface area contributed by atoms with Crippen LogP contribution in [-0.4, -0.2) is 49.1 Å². The molecule has 2 aromatic rings. The van der Waals surface area contributed by atoms with Gasteiger partial charge < -0.3 is 19.3 Å². The van der Waals surface area contributed by atoms with Gasteiger partial charge in [-0.25, -0.2) is 4.98 Å². The lowest BCUT2D eigenvalue weighted by Gasteiger charge is -2.28. The van der Waals surface area contributed by atoms with E-state index >= 15 is 0 Å². The van der Waals surface area contributed by atoms with Gasteiger partial charge in [-0.3, -0.25) is 0 Å². The number of benzene rings is 1. The highest BCUT2D eigenvalue weighted by atomic mass is 35.5. The zero-order valence-electron chi connectivity index (χ0n) is 16.2. The molecule has 150 valence electrons. The number of ether oxygens (including phenoxy) is 1. The monoisotopic (exact) mass is 410 g/mol. The number of carbonyl (C=O) groups excluding carboxylic acids is 1. The highest BCUT2D eigenvalue weighted by Gasteiger charge is 2.29. The highest BCUT2D eigenvalue weighted by molar-refractivity contribution is 6.30. The SMILES string of the molecule is C=CC=C(CC=O)c1nc(N2CCOCC2)nc2c1CCN2c1ccc(Cl)cc1. The maximum Gasteiger partial charge on any atom is 0.228 e. The maximum absolute atomic E-state index is 11.3. The lowest BCUT2D eigenvalue weighted by atomic mass is 10.0. The third kappa shape index (κ3) is 4.04. The largest absolute Gasteiger partial charge is 0.378 e. The summed E-state index contributed by atoms with van der Waals surface area (Å²) in [5.41, 5.74) is 3.79. The zero-order valence-corrected chi connectivity index (χ0v) is 16.9. The molecule has 0 saturated carbocycles. The zero-order chi connectivity index (χ0) is 20.2. The molecule has 7 heteroatoms. The number of halogens is 1. The first-order valence-electron chi connectivity index (χ1n) is 9.73. The summed E-state index contributed by atoms with van der Waals surface area (Å²) in [6.45, 7) is 7.39. The van der Waals surface area contributed by atoms with Crippen LogP contribution < -0.4 is 9.80 Å². The number of anilines is 3. The summed E-state index contributed by atoms with van der Waals surface area (Å²) >= 11 is 6.07. The van der Waals surface area contributed by atoms with Crippen molar-refractivity contribution >= 4 is 40.9 Å². The molecule has 0 amide bonds. The van der Waals surface area contributed by atoms with E-state index < -0.39 is 0 Å². The summed E-state index contributed by atoms with van der Waals surface area (Å²) in [4.78, 5) is 25.4. The number of hydrogen-bond donors (Lipinski definition) is 0. The lowest BCUT2D eigenvalue weighted by Crippen LogP contribution is -2.37. The van der Waals surface area contributed by atoms with Gasteiger partial charge in [-0.2, -0.15) is 4.98 Å². The van der Waals surface area contributed by atoms with Gasteiger partial charge in [0.15, 0.2) is 0 Å². The molecule has 2 aliphatic rings. The fourth-order valence-electron chi connectivity index (χ4n) is 3.76. The molecule has 2 aliphatic heterocycles. The first-order valence-corrected chi connectivity index (χ1v) is 10.1. The van der Waals surface area contributed by atoms with E-state index in [0.717, 1.165) is 60.7 Å². The van der Waals surface area contributed by atoms with Crippen molar-refractivity contribution in [3.63, 3.8) is 0 Å². The van der Waals surface area contributed by atoms with E-state index in [4.69, 9.17) is 26.3 Å². The van der Waals surface area contributed by atoms with Gasteiger partial charge >= 0.3 is 0 Å². The molecule has 3 heterocycles. The Hall–Kier alpha value is -2.70. The van der Waals surface area contributed by atoms with Crippen molar-refractivity contribution in [3.8, 4) is 0 Å². The Labute approximate surface area is 175 Å². The molecular weight excluding hydrogens is 388 g/mol. The molecule has 29 heavy (non-hydrogen) atoms. The molecule has 1 fully saturated rings. The van der Waals surface area contributed by atoms with E-state index in [-0.39, 0.29) is 0 Å². The minimum Gasteiger partial charge on any atom is -0.378 e. The molecule has 6 nitrogen and oxygen atoms in total. The molecule has 0 radical (unpaired) electrons. The van der Waals surface area contributed by atoms with Crippen LogP contribution in [-0.2, 0) is 16.0 Å². The van der Waals surface area contributed by atoms with Crippen molar-refractivity contribution in [2.75, 3.05) is 42.6 Å². The number of allylic oxidation sites excluding steroid dienone is 3. The molecule has 0 bridgehead atoms. The van der Waals surface area contributed by atoms with Gasteiger partial charge in [0.05, 0.1) is 18.9 Å². The van der Waals surface area contributed by atoms with Gasteiger partial charge in [0.1, 0.15) is 12.1 Å². The van der Waals surface area contributed by atoms with E-state index in [1.807, 2.05) is 30.3 Å². The van der Waals surface area contributed by atoms with Crippen molar-refractivity contribution < 1.29 is 9.53 Å². The number of aromatic nitrogens is 2. The summed E-state index contributed by atoms with van der Waals surface area (Å²) in [7, 11) is 0. The molecule has 1 aromatic heterocycles. The van der Waals surface area contributed by atoms with Gasteiger partial charge in [-0.05, 0) is 36.3 Å². The molecule has 1 aromatic carbocycles. The van der Waals surface area contributed by atoms with Crippen molar-refractivity contribution in [2.24, 2.45) is 0 Å². The molecular formula is C22H23ClN4O2. The van der Waals surface area contributed by atoms with Crippen LogP contribution in [0.25, 0.3) is 5.57 Å². The quantitative estimate of drug-likeness (QED) is 0.533. The van der Waals surface area contributed by atoms with Crippen LogP contribution in [0.5, 0.6) is 0 Å². The fraction of sp³-hybridized carbons (Fsp3) is 0.318. The van der Waals surface area contributed by atoms with Crippen molar-refractivity contribution in [1.82, 2.24) is 9.97 Å². The molecule has 0 aliphatic carbocycles. The van der Waals surface area contributed by atoms with Gasteiger partial charge in [0.2, 0.25) is 5.95 Å². The van der Waals surface area contributed by atoms with E-state index in [1.165, 1.54) is 0 Å². The molecule has 1 saturated heterocycles.